The second-order valence-corrected chi connectivity index (χ2v) is 9.30. The van der Waals surface area contributed by atoms with E-state index in [1.54, 1.807) is 0 Å². The molecule has 9 nitrogen and oxygen atoms in total. The Morgan fingerprint density at radius 2 is 1.81 bits per heavy atom. The molecule has 0 heterocycles. The van der Waals surface area contributed by atoms with Gasteiger partial charge in [-0.3, -0.25) is 19.6 Å². The molecule has 166 valence electrons. The minimum atomic E-state index is -4.05. The van der Waals surface area contributed by atoms with Crippen LogP contribution < -0.4 is 14.8 Å². The molecule has 2 N–H and O–H groups in total. The Labute approximate surface area is 181 Å². The smallest absolute Gasteiger partial charge is 0.271 e. The highest BCUT2D eigenvalue weighted by atomic mass is 32.2. The van der Waals surface area contributed by atoms with Crippen LogP contribution in [0.3, 0.4) is 0 Å². The minimum Gasteiger partial charge on any atom is -0.495 e. The minimum absolute atomic E-state index is 0.0511. The van der Waals surface area contributed by atoms with Gasteiger partial charge in [-0.2, -0.15) is 0 Å². The monoisotopic (exact) mass is 447 g/mol. The van der Waals surface area contributed by atoms with Crippen LogP contribution in [0.5, 0.6) is 5.75 Å². The molecular weight excluding hydrogens is 422 g/mol. The summed E-state index contributed by atoms with van der Waals surface area (Å²) in [4.78, 5) is 22.8. The molecule has 2 aromatic rings. The first-order chi connectivity index (χ1) is 14.7. The molecule has 1 fully saturated rings. The summed E-state index contributed by atoms with van der Waals surface area (Å²) in [5.74, 6) is 0.314. The van der Waals surface area contributed by atoms with E-state index in [0.29, 0.717) is 11.5 Å². The summed E-state index contributed by atoms with van der Waals surface area (Å²) in [5.41, 5.74) is 0.0388. The van der Waals surface area contributed by atoms with Crippen molar-refractivity contribution in [2.75, 3.05) is 11.8 Å². The highest BCUT2D eigenvalue weighted by Crippen LogP contribution is 2.31. The average molecular weight is 448 g/mol. The van der Waals surface area contributed by atoms with Gasteiger partial charge in [0.15, 0.2) is 0 Å². The third-order valence-electron chi connectivity index (χ3n) is 5.49. The molecule has 0 aromatic heterocycles. The summed E-state index contributed by atoms with van der Waals surface area (Å²) in [6.07, 6.45) is 4.27. The number of nitro groups is 1. The van der Waals surface area contributed by atoms with Crippen molar-refractivity contribution in [3.63, 3.8) is 0 Å². The standard InChI is InChI=1S/C21H25N3O6S/c1-14-5-3-4-6-18(14)22-21(25)15-7-10-17(11-8-15)31(28,29)23-19-13-16(24(26)27)9-12-20(19)30-2/h7-14,18,23H,3-6H2,1-2H3,(H,22,25). The van der Waals surface area contributed by atoms with Crippen LogP contribution in [0.25, 0.3) is 0 Å². The summed E-state index contributed by atoms with van der Waals surface area (Å²) < 4.78 is 32.9. The number of rotatable bonds is 7. The van der Waals surface area contributed by atoms with E-state index in [1.165, 1.54) is 49.9 Å². The lowest BCUT2D eigenvalue weighted by molar-refractivity contribution is -0.384. The molecule has 1 saturated carbocycles. The number of amides is 1. The topological polar surface area (TPSA) is 128 Å². The molecule has 1 aliphatic rings. The third-order valence-corrected chi connectivity index (χ3v) is 6.87. The highest BCUT2D eigenvalue weighted by Gasteiger charge is 2.24. The summed E-state index contributed by atoms with van der Waals surface area (Å²) in [5, 5.41) is 14.0. The molecule has 2 aromatic carbocycles. The maximum Gasteiger partial charge on any atom is 0.271 e. The van der Waals surface area contributed by atoms with Gasteiger partial charge in [0, 0.05) is 23.7 Å². The number of sulfonamides is 1. The first-order valence-corrected chi connectivity index (χ1v) is 11.5. The normalized spacial score (nSPS) is 18.8. The molecule has 2 atom stereocenters. The highest BCUT2D eigenvalue weighted by molar-refractivity contribution is 7.92. The predicted octanol–water partition coefficient (Wildman–Crippen LogP) is 3.71. The molecule has 2 unspecified atom stereocenters. The lowest BCUT2D eigenvalue weighted by atomic mass is 9.86. The Hall–Kier alpha value is -3.14. The number of ether oxygens (including phenoxy) is 1. The van der Waals surface area contributed by atoms with E-state index in [0.717, 1.165) is 25.3 Å². The number of nitrogens with one attached hydrogen (secondary N) is 2. The Balaban J connectivity index is 1.76. The van der Waals surface area contributed by atoms with Crippen LogP contribution in [0, 0.1) is 16.0 Å². The van der Waals surface area contributed by atoms with Gasteiger partial charge in [-0.05, 0) is 49.1 Å². The van der Waals surface area contributed by atoms with Gasteiger partial charge in [0.2, 0.25) is 0 Å². The van der Waals surface area contributed by atoms with Crippen molar-refractivity contribution in [1.29, 1.82) is 0 Å². The molecule has 1 amide bonds. The van der Waals surface area contributed by atoms with E-state index >= 15 is 0 Å². The Bertz CT molecular complexity index is 1070. The number of hydrogen-bond acceptors (Lipinski definition) is 6. The van der Waals surface area contributed by atoms with Crippen molar-refractivity contribution in [1.82, 2.24) is 5.32 Å². The van der Waals surface area contributed by atoms with Gasteiger partial charge in [-0.1, -0.05) is 19.8 Å². The zero-order valence-corrected chi connectivity index (χ0v) is 18.1. The van der Waals surface area contributed by atoms with Crippen molar-refractivity contribution in [2.45, 2.75) is 43.5 Å². The fourth-order valence-corrected chi connectivity index (χ4v) is 4.72. The van der Waals surface area contributed by atoms with Crippen molar-refractivity contribution in [3.8, 4) is 5.75 Å². The first kappa shape index (κ1) is 22.5. The van der Waals surface area contributed by atoms with Crippen molar-refractivity contribution >= 4 is 27.3 Å². The largest absolute Gasteiger partial charge is 0.495 e. The lowest BCUT2D eigenvalue weighted by Crippen LogP contribution is -2.41. The van der Waals surface area contributed by atoms with E-state index in [9.17, 15) is 23.3 Å². The first-order valence-electron chi connectivity index (χ1n) is 9.97. The fourth-order valence-electron chi connectivity index (χ4n) is 3.66. The predicted molar refractivity (Wildman–Crippen MR) is 116 cm³/mol. The molecular formula is C21H25N3O6S. The molecule has 3 rings (SSSR count). The SMILES string of the molecule is COc1ccc([N+](=O)[O-])cc1NS(=O)(=O)c1ccc(C(=O)NC2CCCCC2C)cc1. The Kier molecular flexibility index (Phi) is 6.79. The second kappa shape index (κ2) is 9.34. The summed E-state index contributed by atoms with van der Waals surface area (Å²) in [6, 6.07) is 9.28. The van der Waals surface area contributed by atoms with Crippen molar-refractivity contribution in [3.05, 3.63) is 58.1 Å². The quantitative estimate of drug-likeness (QED) is 0.492. The average Bonchev–Trinajstić information content (AvgIpc) is 2.75. The van der Waals surface area contributed by atoms with Crippen LogP contribution in [0.1, 0.15) is 43.0 Å². The molecule has 10 heteroatoms. The van der Waals surface area contributed by atoms with Gasteiger partial charge >= 0.3 is 0 Å². The molecule has 0 radical (unpaired) electrons. The van der Waals surface area contributed by atoms with E-state index in [4.69, 9.17) is 4.74 Å². The lowest BCUT2D eigenvalue weighted by Gasteiger charge is -2.29. The summed E-state index contributed by atoms with van der Waals surface area (Å²) in [7, 11) is -2.72. The van der Waals surface area contributed by atoms with Gasteiger partial charge in [-0.15, -0.1) is 0 Å². The van der Waals surface area contributed by atoms with E-state index in [1.807, 2.05) is 0 Å². The number of carbonyl (C=O) groups excluding carboxylic acids is 1. The van der Waals surface area contributed by atoms with Crippen LogP contribution in [0.15, 0.2) is 47.4 Å². The number of nitrogens with zero attached hydrogens (tertiary/aromatic N) is 1. The second-order valence-electron chi connectivity index (χ2n) is 7.61. The molecule has 31 heavy (non-hydrogen) atoms. The number of benzene rings is 2. The van der Waals surface area contributed by atoms with Gasteiger partial charge in [0.1, 0.15) is 5.75 Å². The number of anilines is 1. The fraction of sp³-hybridized carbons (Fsp3) is 0.381. The van der Waals surface area contributed by atoms with Crippen LogP contribution in [-0.2, 0) is 10.0 Å². The van der Waals surface area contributed by atoms with Crippen LogP contribution in [0.4, 0.5) is 11.4 Å². The summed E-state index contributed by atoms with van der Waals surface area (Å²) >= 11 is 0. The maximum absolute atomic E-state index is 12.8. The summed E-state index contributed by atoms with van der Waals surface area (Å²) in [6.45, 7) is 2.12. The van der Waals surface area contributed by atoms with E-state index in [2.05, 4.69) is 17.0 Å². The van der Waals surface area contributed by atoms with Crippen molar-refractivity contribution in [2.24, 2.45) is 5.92 Å². The van der Waals surface area contributed by atoms with Gasteiger partial charge in [0.05, 0.1) is 22.6 Å². The van der Waals surface area contributed by atoms with E-state index < -0.39 is 14.9 Å². The van der Waals surface area contributed by atoms with Crippen molar-refractivity contribution < 1.29 is 22.9 Å². The van der Waals surface area contributed by atoms with Crippen LogP contribution in [-0.4, -0.2) is 32.4 Å². The number of carbonyl (C=O) groups is 1. The zero-order valence-electron chi connectivity index (χ0n) is 17.3. The molecule has 0 saturated heterocycles. The third kappa shape index (κ3) is 5.32. The van der Waals surface area contributed by atoms with Crippen LogP contribution >= 0.6 is 0 Å². The molecule has 1 aliphatic carbocycles. The number of hydrogen-bond donors (Lipinski definition) is 2. The van der Waals surface area contributed by atoms with Crippen LogP contribution in [0.2, 0.25) is 0 Å². The molecule has 0 bridgehead atoms. The van der Waals surface area contributed by atoms with Gasteiger partial charge < -0.3 is 10.1 Å². The number of methoxy groups -OCH3 is 1. The Morgan fingerprint density at radius 1 is 1.13 bits per heavy atom. The molecule has 0 spiro atoms. The maximum atomic E-state index is 12.8. The Morgan fingerprint density at radius 3 is 2.42 bits per heavy atom. The number of non-ortho nitro benzene ring substituents is 1. The van der Waals surface area contributed by atoms with Gasteiger partial charge in [0.25, 0.3) is 21.6 Å². The van der Waals surface area contributed by atoms with E-state index in [-0.39, 0.29) is 34.0 Å². The zero-order chi connectivity index (χ0) is 22.6. The molecule has 0 aliphatic heterocycles. The van der Waals surface area contributed by atoms with Gasteiger partial charge in [-0.25, -0.2) is 8.42 Å². The number of nitro benzene ring substituents is 1.